The van der Waals surface area contributed by atoms with Crippen LogP contribution in [0.3, 0.4) is 0 Å². The molecule has 5 aromatic rings. The van der Waals surface area contributed by atoms with Crippen molar-refractivity contribution < 1.29 is 71.1 Å². The molecule has 0 spiro atoms. The molecule has 0 aromatic heterocycles. The Morgan fingerprint density at radius 2 is 1.31 bits per heavy atom. The summed E-state index contributed by atoms with van der Waals surface area (Å²) in [5.41, 5.74) is 4.22. The Balaban J connectivity index is 1.26. The van der Waals surface area contributed by atoms with Crippen LogP contribution in [-0.4, -0.2) is 80.0 Å². The fraction of sp³-hybridized carbons (Fsp3) is 0.308. The number of benzene rings is 5. The van der Waals surface area contributed by atoms with E-state index >= 15 is 0 Å². The van der Waals surface area contributed by atoms with E-state index in [-0.39, 0.29) is 31.8 Å². The molecule has 0 N–H and O–H groups in total. The Kier molecular flexibility index (Phi) is 15.5. The number of esters is 4. The van der Waals surface area contributed by atoms with Crippen molar-refractivity contribution in [2.45, 2.75) is 89.8 Å². The molecule has 7 rings (SSSR count). The van der Waals surface area contributed by atoms with Crippen molar-refractivity contribution >= 4 is 41.4 Å². The van der Waals surface area contributed by atoms with Crippen molar-refractivity contribution in [3.05, 3.63) is 149 Å². The third-order valence-electron chi connectivity index (χ3n) is 11.4. The molecule has 0 radical (unpaired) electrons. The Morgan fingerprint density at radius 1 is 0.676 bits per heavy atom. The minimum atomic E-state index is -1.34. The minimum Gasteiger partial charge on any atom is -0.497 e. The lowest BCUT2D eigenvalue weighted by Gasteiger charge is -2.44. The van der Waals surface area contributed by atoms with Crippen molar-refractivity contribution in [2.75, 3.05) is 18.6 Å². The van der Waals surface area contributed by atoms with Crippen LogP contribution in [0.2, 0.25) is 0 Å². The lowest BCUT2D eigenvalue weighted by molar-refractivity contribution is -0.254. The van der Waals surface area contributed by atoms with Crippen LogP contribution in [0, 0.1) is 5.82 Å². The molecule has 2 heterocycles. The van der Waals surface area contributed by atoms with Gasteiger partial charge in [0.1, 0.15) is 54.9 Å². The molecule has 1 unspecified atom stereocenters. The molecule has 2 aliphatic heterocycles. The number of anilines is 1. The summed E-state index contributed by atoms with van der Waals surface area (Å²) in [7, 11) is 1.54. The normalized spacial score (nSPS) is 20.9. The van der Waals surface area contributed by atoms with Gasteiger partial charge in [0, 0.05) is 50.9 Å². The molecular weight excluding hydrogens is 882 g/mol. The number of carbonyl (C=O) groups excluding carboxylic acids is 6. The Labute approximate surface area is 391 Å². The van der Waals surface area contributed by atoms with Gasteiger partial charge >= 0.3 is 30.0 Å². The van der Waals surface area contributed by atoms with E-state index in [4.69, 9.17) is 37.9 Å². The molecule has 2 saturated heterocycles. The second-order valence-corrected chi connectivity index (χ2v) is 16.2. The molecule has 15 nitrogen and oxygen atoms in total. The van der Waals surface area contributed by atoms with Gasteiger partial charge in [0.2, 0.25) is 0 Å². The standard InChI is InChI=1S/C52H50FNO14/c1-30(55)62-29-46-49(64-31(2)56)51(66-33(4)58)50(65-32(3)57)48(67-46)37-13-11-35(12-14-37)38-17-24-42(45(27-38)63-28-34-9-7-6-8-10-34)47-44(26-25-43(59)36-15-18-39(53)19-16-36)68-52(60)54(47)40-20-22-41(61-5)23-21-40/h6-24,27,44,46-51H,25-26,28-29H2,1-5H3/t44-,46-,47-,48?,49-,50+,51+/m1/s1. The maximum atomic E-state index is 13.9. The van der Waals surface area contributed by atoms with E-state index in [1.165, 1.54) is 50.1 Å². The smallest absolute Gasteiger partial charge is 0.415 e. The summed E-state index contributed by atoms with van der Waals surface area (Å²) in [5, 5.41) is 0. The molecule has 5 aromatic carbocycles. The second kappa shape index (κ2) is 21.8. The zero-order chi connectivity index (χ0) is 48.5. The first kappa shape index (κ1) is 48.3. The van der Waals surface area contributed by atoms with Crippen LogP contribution >= 0.6 is 0 Å². The summed E-state index contributed by atoms with van der Waals surface area (Å²) in [6.07, 6.45) is -7.47. The summed E-state index contributed by atoms with van der Waals surface area (Å²) in [4.78, 5) is 77.9. The minimum absolute atomic E-state index is 0.000717. The summed E-state index contributed by atoms with van der Waals surface area (Å²) in [6.45, 7) is 4.48. The van der Waals surface area contributed by atoms with Gasteiger partial charge in [-0.05, 0) is 83.3 Å². The Morgan fingerprint density at radius 3 is 1.94 bits per heavy atom. The van der Waals surface area contributed by atoms with E-state index < -0.39 is 78.5 Å². The SMILES string of the molecule is COc1ccc(N2C(=O)O[C@H](CCC(=O)c3ccc(F)cc3)[C@H]2c2ccc(-c3ccc(C4O[C@H](COC(C)=O)[C@@H](OC(C)=O)[C@H](OC(C)=O)[C@H]4OC(C)=O)cc3)cc2OCc2ccccc2)cc1. The highest BCUT2D eigenvalue weighted by Gasteiger charge is 2.52. The fourth-order valence-corrected chi connectivity index (χ4v) is 8.33. The molecule has 2 fully saturated rings. The molecule has 7 atom stereocenters. The Hall–Kier alpha value is -7.59. The number of halogens is 1. The molecule has 354 valence electrons. The van der Waals surface area contributed by atoms with Crippen LogP contribution in [0.15, 0.2) is 121 Å². The zero-order valence-corrected chi connectivity index (χ0v) is 38.0. The number of cyclic esters (lactones) is 1. The van der Waals surface area contributed by atoms with Crippen LogP contribution < -0.4 is 14.4 Å². The summed E-state index contributed by atoms with van der Waals surface area (Å²) >= 11 is 0. The highest BCUT2D eigenvalue weighted by Crippen LogP contribution is 2.45. The van der Waals surface area contributed by atoms with Crippen molar-refractivity contribution in [3.8, 4) is 22.6 Å². The zero-order valence-electron chi connectivity index (χ0n) is 38.0. The lowest BCUT2D eigenvalue weighted by atomic mass is 9.89. The predicted molar refractivity (Wildman–Crippen MR) is 242 cm³/mol. The van der Waals surface area contributed by atoms with Gasteiger partial charge in [0.05, 0.1) is 7.11 Å². The molecular formula is C52H50FNO14. The summed E-state index contributed by atoms with van der Waals surface area (Å²) in [5.74, 6) is -2.54. The van der Waals surface area contributed by atoms with Crippen LogP contribution in [0.1, 0.15) is 79.7 Å². The number of nitrogens with zero attached hydrogens (tertiary/aromatic N) is 1. The van der Waals surface area contributed by atoms with Crippen LogP contribution in [-0.2, 0) is 54.2 Å². The maximum Gasteiger partial charge on any atom is 0.415 e. The quantitative estimate of drug-likeness (QED) is 0.0491. The van der Waals surface area contributed by atoms with Crippen molar-refractivity contribution in [1.82, 2.24) is 0 Å². The molecule has 16 heteroatoms. The van der Waals surface area contributed by atoms with E-state index in [0.717, 1.165) is 19.4 Å². The number of ether oxygens (including phenoxy) is 8. The van der Waals surface area contributed by atoms with Crippen LogP contribution in [0.4, 0.5) is 14.9 Å². The molecule has 68 heavy (non-hydrogen) atoms. The fourth-order valence-electron chi connectivity index (χ4n) is 8.33. The lowest BCUT2D eigenvalue weighted by Crippen LogP contribution is -2.59. The van der Waals surface area contributed by atoms with Crippen molar-refractivity contribution in [1.29, 1.82) is 0 Å². The Bertz CT molecular complexity index is 2600. The number of rotatable bonds is 17. The molecule has 0 bridgehead atoms. The number of methoxy groups -OCH3 is 1. The van der Waals surface area contributed by atoms with Gasteiger partial charge in [-0.25, -0.2) is 9.18 Å². The predicted octanol–water partition coefficient (Wildman–Crippen LogP) is 8.61. The van der Waals surface area contributed by atoms with E-state index in [1.54, 1.807) is 48.5 Å². The number of carbonyl (C=O) groups is 6. The first-order chi connectivity index (χ1) is 32.7. The number of ketones is 1. The van der Waals surface area contributed by atoms with Crippen molar-refractivity contribution in [3.63, 3.8) is 0 Å². The van der Waals surface area contributed by atoms with Gasteiger partial charge in [-0.3, -0.25) is 28.9 Å². The third-order valence-corrected chi connectivity index (χ3v) is 11.4. The molecule has 1 amide bonds. The number of hydrogen-bond acceptors (Lipinski definition) is 14. The van der Waals surface area contributed by atoms with Gasteiger partial charge in [0.15, 0.2) is 24.1 Å². The number of hydrogen-bond donors (Lipinski definition) is 0. The monoisotopic (exact) mass is 931 g/mol. The summed E-state index contributed by atoms with van der Waals surface area (Å²) in [6, 6.07) is 33.6. The molecule has 0 aliphatic carbocycles. The average molecular weight is 932 g/mol. The van der Waals surface area contributed by atoms with Gasteiger partial charge in [-0.2, -0.15) is 0 Å². The number of Topliss-reactive ketones (excluding diaryl/α,β-unsaturated/α-hetero) is 1. The summed E-state index contributed by atoms with van der Waals surface area (Å²) < 4.78 is 60.3. The van der Waals surface area contributed by atoms with Gasteiger partial charge in [-0.15, -0.1) is 0 Å². The maximum absolute atomic E-state index is 13.9. The molecule has 2 aliphatic rings. The van der Waals surface area contributed by atoms with E-state index in [2.05, 4.69) is 0 Å². The first-order valence-electron chi connectivity index (χ1n) is 21.8. The van der Waals surface area contributed by atoms with Gasteiger partial charge in [0.25, 0.3) is 0 Å². The second-order valence-electron chi connectivity index (χ2n) is 16.2. The van der Waals surface area contributed by atoms with E-state index in [9.17, 15) is 33.2 Å². The van der Waals surface area contributed by atoms with Crippen molar-refractivity contribution in [2.24, 2.45) is 0 Å². The van der Waals surface area contributed by atoms with Crippen LogP contribution in [0.25, 0.3) is 11.1 Å². The van der Waals surface area contributed by atoms with E-state index in [0.29, 0.717) is 45.0 Å². The average Bonchev–Trinajstić information content (AvgIpc) is 3.65. The van der Waals surface area contributed by atoms with Gasteiger partial charge in [-0.1, -0.05) is 66.7 Å². The third kappa shape index (κ3) is 11.7. The highest BCUT2D eigenvalue weighted by molar-refractivity contribution is 5.96. The van der Waals surface area contributed by atoms with Gasteiger partial charge < -0.3 is 37.9 Å². The van der Waals surface area contributed by atoms with E-state index in [1.807, 2.05) is 48.5 Å². The molecule has 0 saturated carbocycles. The largest absolute Gasteiger partial charge is 0.497 e. The topological polar surface area (TPSA) is 180 Å². The highest BCUT2D eigenvalue weighted by atomic mass is 19.1. The van der Waals surface area contributed by atoms with Crippen LogP contribution in [0.5, 0.6) is 11.5 Å². The number of amides is 1. The first-order valence-corrected chi connectivity index (χ1v) is 21.8.